The van der Waals surface area contributed by atoms with E-state index in [4.69, 9.17) is 19.7 Å². The topological polar surface area (TPSA) is 210 Å². The van der Waals surface area contributed by atoms with E-state index in [1.807, 2.05) is 0 Å². The zero-order chi connectivity index (χ0) is 18.2. The zero-order valence-electron chi connectivity index (χ0n) is 12.4. The number of hydrogen-bond donors (Lipinski definition) is 9. The Kier molecular flexibility index (Phi) is 6.12. The van der Waals surface area contributed by atoms with Gasteiger partial charge < -0.3 is 60.2 Å². The van der Waals surface area contributed by atoms with Crippen LogP contribution in [-0.4, -0.2) is 120 Å². The summed E-state index contributed by atoms with van der Waals surface area (Å²) in [6.07, 6.45) is -16.5. The minimum Gasteiger partial charge on any atom is -0.394 e. The van der Waals surface area contributed by atoms with Crippen molar-refractivity contribution in [1.82, 2.24) is 0 Å². The Hall–Kier alpha value is -0.480. The summed E-state index contributed by atoms with van der Waals surface area (Å²) in [7, 11) is 0. The van der Waals surface area contributed by atoms with Crippen LogP contribution < -0.4 is 0 Å². The molecular formula is C12H22O12. The van der Waals surface area contributed by atoms with E-state index in [1.165, 1.54) is 0 Å². The molecule has 0 aromatic heterocycles. The van der Waals surface area contributed by atoms with Crippen molar-refractivity contribution in [2.45, 2.75) is 61.1 Å². The molecule has 2 aliphatic rings. The largest absolute Gasteiger partial charge is 0.394 e. The van der Waals surface area contributed by atoms with E-state index in [1.54, 1.807) is 0 Å². The fraction of sp³-hybridized carbons (Fsp3) is 1.00. The van der Waals surface area contributed by atoms with Gasteiger partial charge in [0, 0.05) is 0 Å². The molecule has 0 aromatic rings. The fourth-order valence-corrected chi connectivity index (χ4v) is 2.61. The summed E-state index contributed by atoms with van der Waals surface area (Å²) in [5.41, 5.74) is 0. The Morgan fingerprint density at radius 1 is 0.750 bits per heavy atom. The van der Waals surface area contributed by atoms with Crippen molar-refractivity contribution in [1.29, 1.82) is 0 Å². The van der Waals surface area contributed by atoms with Crippen LogP contribution in [0.25, 0.3) is 0 Å². The molecule has 0 aromatic carbocycles. The molecule has 12 nitrogen and oxygen atoms in total. The maximum absolute atomic E-state index is 10.4. The molecule has 142 valence electrons. The van der Waals surface area contributed by atoms with Crippen molar-refractivity contribution in [3.8, 4) is 0 Å². The number of hydrogen-bond acceptors (Lipinski definition) is 12. The van der Waals surface area contributed by atoms with Gasteiger partial charge in [-0.2, -0.15) is 0 Å². The summed E-state index contributed by atoms with van der Waals surface area (Å²) < 4.78 is 14.6. The highest BCUT2D eigenvalue weighted by atomic mass is 16.8. The normalized spacial score (nSPS) is 53.1. The predicted octanol–water partition coefficient (Wildman–Crippen LogP) is -6.08. The molecule has 2 rings (SSSR count). The SMILES string of the molecule is OC[C@@H]1O[C@@H](O[C@]2(O)[C@@H](O)[C@H](O)O[C@@H](CO)[C@@H]2O)[C@H](O)[C@H](O)[C@H]1O. The van der Waals surface area contributed by atoms with Gasteiger partial charge in [0.1, 0.15) is 36.6 Å². The van der Waals surface area contributed by atoms with Gasteiger partial charge in [0.15, 0.2) is 18.7 Å². The van der Waals surface area contributed by atoms with Gasteiger partial charge in [0.2, 0.25) is 5.79 Å². The van der Waals surface area contributed by atoms with E-state index in [9.17, 15) is 35.7 Å². The quantitative estimate of drug-likeness (QED) is 0.215. The van der Waals surface area contributed by atoms with Crippen molar-refractivity contribution in [2.24, 2.45) is 0 Å². The van der Waals surface area contributed by atoms with Gasteiger partial charge in [-0.15, -0.1) is 0 Å². The standard InChI is InChI=1S/C12H22O12/c13-1-3-5(15)6(16)7(17)11(23-3)24-12(21)8(18)4(2-14)22-10(20)9(12)19/h3-11,13-21H,1-2H2/t3-,4-,5-,6+,7+,8-,9-,10+,11-,12-/m0/s1. The molecule has 12 heteroatoms. The van der Waals surface area contributed by atoms with Crippen molar-refractivity contribution in [3.05, 3.63) is 0 Å². The monoisotopic (exact) mass is 358 g/mol. The van der Waals surface area contributed by atoms with Gasteiger partial charge in [-0.1, -0.05) is 0 Å². The highest BCUT2D eigenvalue weighted by Crippen LogP contribution is 2.34. The van der Waals surface area contributed by atoms with Crippen LogP contribution in [0.15, 0.2) is 0 Å². The Morgan fingerprint density at radius 2 is 1.33 bits per heavy atom. The fourth-order valence-electron chi connectivity index (χ4n) is 2.61. The molecule has 0 unspecified atom stereocenters. The minimum absolute atomic E-state index is 0.765. The first-order chi connectivity index (χ1) is 11.2. The molecule has 24 heavy (non-hydrogen) atoms. The summed E-state index contributed by atoms with van der Waals surface area (Å²) in [4.78, 5) is 0. The molecule has 0 radical (unpaired) electrons. The molecule has 10 atom stereocenters. The first-order valence-electron chi connectivity index (χ1n) is 7.18. The average molecular weight is 358 g/mol. The van der Waals surface area contributed by atoms with Gasteiger partial charge in [-0.05, 0) is 0 Å². The first kappa shape index (κ1) is 19.8. The Labute approximate surface area is 135 Å². The van der Waals surface area contributed by atoms with Crippen molar-refractivity contribution >= 4 is 0 Å². The minimum atomic E-state index is -2.95. The van der Waals surface area contributed by atoms with E-state index >= 15 is 0 Å². The molecule has 2 saturated heterocycles. The molecule has 0 amide bonds. The van der Waals surface area contributed by atoms with E-state index < -0.39 is 74.3 Å². The third-order valence-corrected chi connectivity index (χ3v) is 4.12. The molecule has 0 spiro atoms. The third kappa shape index (κ3) is 3.29. The summed E-state index contributed by atoms with van der Waals surface area (Å²) >= 11 is 0. The first-order valence-corrected chi connectivity index (χ1v) is 7.18. The summed E-state index contributed by atoms with van der Waals surface area (Å²) in [5.74, 6) is -2.95. The van der Waals surface area contributed by atoms with Crippen LogP contribution in [0, 0.1) is 0 Å². The number of aliphatic hydroxyl groups is 9. The van der Waals surface area contributed by atoms with E-state index in [0.29, 0.717) is 0 Å². The van der Waals surface area contributed by atoms with Crippen LogP contribution >= 0.6 is 0 Å². The van der Waals surface area contributed by atoms with E-state index in [0.717, 1.165) is 0 Å². The van der Waals surface area contributed by atoms with Crippen molar-refractivity contribution < 1.29 is 60.2 Å². The lowest BCUT2D eigenvalue weighted by Crippen LogP contribution is -2.71. The lowest BCUT2D eigenvalue weighted by molar-refractivity contribution is -0.439. The summed E-state index contributed by atoms with van der Waals surface area (Å²) in [6.45, 7) is -1.61. The second-order valence-corrected chi connectivity index (χ2v) is 5.70. The third-order valence-electron chi connectivity index (χ3n) is 4.12. The van der Waals surface area contributed by atoms with Crippen LogP contribution in [0.5, 0.6) is 0 Å². The van der Waals surface area contributed by atoms with E-state index in [2.05, 4.69) is 4.74 Å². The van der Waals surface area contributed by atoms with Crippen LogP contribution in [-0.2, 0) is 14.2 Å². The number of ether oxygens (including phenoxy) is 3. The predicted molar refractivity (Wildman–Crippen MR) is 69.8 cm³/mol. The van der Waals surface area contributed by atoms with E-state index in [-0.39, 0.29) is 0 Å². The van der Waals surface area contributed by atoms with Crippen LogP contribution in [0.3, 0.4) is 0 Å². The Bertz CT molecular complexity index is 421. The smallest absolute Gasteiger partial charge is 0.229 e. The summed E-state index contributed by atoms with van der Waals surface area (Å²) in [5, 5.41) is 87.2. The molecule has 2 aliphatic heterocycles. The molecule has 9 N–H and O–H groups in total. The second-order valence-electron chi connectivity index (χ2n) is 5.70. The van der Waals surface area contributed by atoms with Crippen molar-refractivity contribution in [3.63, 3.8) is 0 Å². The second kappa shape index (κ2) is 7.41. The maximum Gasteiger partial charge on any atom is 0.229 e. The average Bonchev–Trinajstić information content (AvgIpc) is 2.57. The molecule has 2 heterocycles. The Morgan fingerprint density at radius 3 is 1.88 bits per heavy atom. The summed E-state index contributed by atoms with van der Waals surface area (Å²) in [6, 6.07) is 0. The van der Waals surface area contributed by atoms with Crippen molar-refractivity contribution in [2.75, 3.05) is 13.2 Å². The number of aliphatic hydroxyl groups excluding tert-OH is 8. The lowest BCUT2D eigenvalue weighted by Gasteiger charge is -2.49. The van der Waals surface area contributed by atoms with Crippen LogP contribution in [0.1, 0.15) is 0 Å². The molecule has 0 bridgehead atoms. The lowest BCUT2D eigenvalue weighted by atomic mass is 9.94. The highest BCUT2D eigenvalue weighted by molar-refractivity contribution is 4.97. The van der Waals surface area contributed by atoms with Crippen LogP contribution in [0.4, 0.5) is 0 Å². The number of rotatable bonds is 4. The van der Waals surface area contributed by atoms with Gasteiger partial charge in [-0.25, -0.2) is 0 Å². The highest BCUT2D eigenvalue weighted by Gasteiger charge is 2.59. The molecular weight excluding hydrogens is 336 g/mol. The zero-order valence-corrected chi connectivity index (χ0v) is 12.4. The Balaban J connectivity index is 2.22. The van der Waals surface area contributed by atoms with Gasteiger partial charge in [-0.3, -0.25) is 0 Å². The molecule has 0 aliphatic carbocycles. The van der Waals surface area contributed by atoms with Gasteiger partial charge >= 0.3 is 0 Å². The van der Waals surface area contributed by atoms with Gasteiger partial charge in [0.25, 0.3) is 0 Å². The molecule has 2 fully saturated rings. The maximum atomic E-state index is 10.4. The van der Waals surface area contributed by atoms with Gasteiger partial charge in [0.05, 0.1) is 13.2 Å². The van der Waals surface area contributed by atoms with Crippen LogP contribution in [0.2, 0.25) is 0 Å². The molecule has 0 saturated carbocycles.